The van der Waals surface area contributed by atoms with Gasteiger partial charge in [-0.25, -0.2) is 0 Å². The van der Waals surface area contributed by atoms with Gasteiger partial charge in [0.05, 0.1) is 6.42 Å². The lowest BCUT2D eigenvalue weighted by Gasteiger charge is -2.05. The Labute approximate surface area is 118 Å². The summed E-state index contributed by atoms with van der Waals surface area (Å²) in [5.74, 6) is -1.03. The third-order valence-corrected chi connectivity index (χ3v) is 3.03. The second-order valence-corrected chi connectivity index (χ2v) is 4.56. The van der Waals surface area contributed by atoms with Gasteiger partial charge in [-0.05, 0) is 31.0 Å². The fourth-order valence-electron chi connectivity index (χ4n) is 1.57. The van der Waals surface area contributed by atoms with E-state index in [1.54, 1.807) is 6.07 Å². The van der Waals surface area contributed by atoms with Crippen molar-refractivity contribution in [3.8, 4) is 0 Å². The van der Waals surface area contributed by atoms with E-state index in [0.29, 0.717) is 5.56 Å². The van der Waals surface area contributed by atoms with Crippen molar-refractivity contribution in [2.75, 3.05) is 13.7 Å². The molecule has 0 heterocycles. The highest BCUT2D eigenvalue weighted by molar-refractivity contribution is 5.97. The molecule has 1 amide bonds. The highest BCUT2D eigenvalue weighted by Gasteiger charge is 2.12. The monoisotopic (exact) mass is 277 g/mol. The minimum atomic E-state index is -0.550. The lowest BCUT2D eigenvalue weighted by molar-refractivity contribution is -0.148. The molecule has 0 bridgehead atoms. The first-order valence-electron chi connectivity index (χ1n) is 6.40. The van der Waals surface area contributed by atoms with Crippen molar-refractivity contribution in [2.24, 2.45) is 0 Å². The van der Waals surface area contributed by atoms with Crippen molar-refractivity contribution >= 4 is 17.7 Å². The third-order valence-electron chi connectivity index (χ3n) is 3.03. The van der Waals surface area contributed by atoms with Gasteiger partial charge in [-0.2, -0.15) is 0 Å². The lowest BCUT2D eigenvalue weighted by Crippen LogP contribution is -2.25. The minimum absolute atomic E-state index is 0.0250. The zero-order chi connectivity index (χ0) is 15.1. The third kappa shape index (κ3) is 4.84. The smallest absolute Gasteiger partial charge is 0.306 e. The van der Waals surface area contributed by atoms with Crippen LogP contribution in [-0.4, -0.2) is 31.3 Å². The van der Waals surface area contributed by atoms with Gasteiger partial charge < -0.3 is 10.1 Å². The summed E-state index contributed by atoms with van der Waals surface area (Å²) in [5.41, 5.74) is 2.75. The summed E-state index contributed by atoms with van der Waals surface area (Å²) < 4.78 is 4.72. The fourth-order valence-corrected chi connectivity index (χ4v) is 1.57. The molecule has 0 saturated heterocycles. The van der Waals surface area contributed by atoms with E-state index in [9.17, 15) is 14.4 Å². The first-order chi connectivity index (χ1) is 9.43. The summed E-state index contributed by atoms with van der Waals surface area (Å²) in [4.78, 5) is 34.2. The van der Waals surface area contributed by atoms with Crippen LogP contribution in [-0.2, 0) is 14.3 Å². The number of nitrogens with one attached hydrogen (secondary N) is 1. The number of ether oxygens (including phenoxy) is 1. The molecule has 0 radical (unpaired) electrons. The molecule has 0 aromatic heterocycles. The maximum atomic E-state index is 11.9. The number of amides is 1. The van der Waals surface area contributed by atoms with Crippen LogP contribution in [0, 0.1) is 13.8 Å². The van der Waals surface area contributed by atoms with E-state index in [1.165, 1.54) is 7.05 Å². The number of benzene rings is 1. The second kappa shape index (κ2) is 7.43. The molecule has 0 atom stereocenters. The highest BCUT2D eigenvalue weighted by Crippen LogP contribution is 2.12. The van der Waals surface area contributed by atoms with Crippen molar-refractivity contribution in [1.29, 1.82) is 0 Å². The lowest BCUT2D eigenvalue weighted by atomic mass is 10.0. The molecule has 5 nitrogen and oxygen atoms in total. The average Bonchev–Trinajstić information content (AvgIpc) is 2.44. The number of Topliss-reactive ketones (excluding diaryl/α,β-unsaturated/α-hetero) is 1. The van der Waals surface area contributed by atoms with Crippen LogP contribution < -0.4 is 5.32 Å². The minimum Gasteiger partial charge on any atom is -0.456 e. The number of aryl methyl sites for hydroxylation is 2. The Hall–Kier alpha value is -2.17. The molecule has 20 heavy (non-hydrogen) atoms. The molecule has 0 aliphatic rings. The Morgan fingerprint density at radius 2 is 1.80 bits per heavy atom. The Morgan fingerprint density at radius 1 is 1.10 bits per heavy atom. The number of carbonyl (C=O) groups is 3. The van der Waals surface area contributed by atoms with Gasteiger partial charge >= 0.3 is 5.97 Å². The number of carbonyl (C=O) groups excluding carboxylic acids is 3. The van der Waals surface area contributed by atoms with E-state index < -0.39 is 5.97 Å². The summed E-state index contributed by atoms with van der Waals surface area (Å²) in [6.45, 7) is 3.59. The van der Waals surface area contributed by atoms with Gasteiger partial charge in [0, 0.05) is 19.0 Å². The van der Waals surface area contributed by atoms with Gasteiger partial charge in [-0.3, -0.25) is 14.4 Å². The summed E-state index contributed by atoms with van der Waals surface area (Å²) in [6.07, 6.45) is 0.0534. The van der Waals surface area contributed by atoms with E-state index in [0.717, 1.165) is 11.1 Å². The summed E-state index contributed by atoms with van der Waals surface area (Å²) >= 11 is 0. The standard InChI is InChI=1S/C15H19NO4/c1-10-4-5-12(8-11(10)2)13(17)6-7-15(19)20-9-14(18)16-3/h4-5,8H,6-7,9H2,1-3H3,(H,16,18). The molecule has 5 heteroatoms. The molecular weight excluding hydrogens is 258 g/mol. The van der Waals surface area contributed by atoms with Crippen molar-refractivity contribution in [1.82, 2.24) is 5.32 Å². The molecule has 1 N–H and O–H groups in total. The van der Waals surface area contributed by atoms with Gasteiger partial charge in [0.15, 0.2) is 12.4 Å². The van der Waals surface area contributed by atoms with Crippen LogP contribution in [0.2, 0.25) is 0 Å². The van der Waals surface area contributed by atoms with Crippen LogP contribution in [0.5, 0.6) is 0 Å². The number of hydrogen-bond donors (Lipinski definition) is 1. The number of hydrogen-bond acceptors (Lipinski definition) is 4. The van der Waals surface area contributed by atoms with Gasteiger partial charge in [0.25, 0.3) is 5.91 Å². The van der Waals surface area contributed by atoms with Crippen molar-refractivity contribution < 1.29 is 19.1 Å². The Bertz CT molecular complexity index is 523. The quantitative estimate of drug-likeness (QED) is 0.632. The van der Waals surface area contributed by atoms with Gasteiger partial charge in [0.2, 0.25) is 0 Å². The van der Waals surface area contributed by atoms with Crippen LogP contribution in [0.25, 0.3) is 0 Å². The fraction of sp³-hybridized carbons (Fsp3) is 0.400. The number of likely N-dealkylation sites (N-methyl/N-ethyl adjacent to an activating group) is 1. The Morgan fingerprint density at radius 3 is 2.40 bits per heavy atom. The van der Waals surface area contributed by atoms with E-state index in [4.69, 9.17) is 4.74 Å². The van der Waals surface area contributed by atoms with Gasteiger partial charge in [-0.1, -0.05) is 12.1 Å². The van der Waals surface area contributed by atoms with E-state index in [-0.39, 0.29) is 31.1 Å². The average molecular weight is 277 g/mol. The van der Waals surface area contributed by atoms with E-state index in [2.05, 4.69) is 5.32 Å². The maximum absolute atomic E-state index is 11.9. The predicted molar refractivity (Wildman–Crippen MR) is 74.5 cm³/mol. The molecule has 1 aromatic carbocycles. The number of esters is 1. The summed E-state index contributed by atoms with van der Waals surface area (Å²) in [6, 6.07) is 5.44. The molecule has 0 aliphatic carbocycles. The highest BCUT2D eigenvalue weighted by atomic mass is 16.5. The summed E-state index contributed by atoms with van der Waals surface area (Å²) in [7, 11) is 1.46. The molecule has 108 valence electrons. The number of ketones is 1. The van der Waals surface area contributed by atoms with Crippen LogP contribution in [0.15, 0.2) is 18.2 Å². The van der Waals surface area contributed by atoms with Gasteiger partial charge in [-0.15, -0.1) is 0 Å². The predicted octanol–water partition coefficient (Wildman–Crippen LogP) is 1.56. The summed E-state index contributed by atoms with van der Waals surface area (Å²) in [5, 5.41) is 2.34. The first-order valence-corrected chi connectivity index (χ1v) is 6.40. The van der Waals surface area contributed by atoms with E-state index >= 15 is 0 Å². The molecule has 0 fully saturated rings. The molecule has 0 aliphatic heterocycles. The number of rotatable bonds is 6. The molecule has 0 saturated carbocycles. The maximum Gasteiger partial charge on any atom is 0.306 e. The Kier molecular flexibility index (Phi) is 5.90. The first kappa shape index (κ1) is 15.9. The van der Waals surface area contributed by atoms with Crippen molar-refractivity contribution in [3.63, 3.8) is 0 Å². The Balaban J connectivity index is 2.44. The van der Waals surface area contributed by atoms with Crippen LogP contribution in [0.1, 0.15) is 34.3 Å². The zero-order valence-corrected chi connectivity index (χ0v) is 12.0. The van der Waals surface area contributed by atoms with E-state index in [1.807, 2.05) is 26.0 Å². The molecule has 0 spiro atoms. The van der Waals surface area contributed by atoms with Gasteiger partial charge in [0.1, 0.15) is 0 Å². The van der Waals surface area contributed by atoms with Crippen molar-refractivity contribution in [2.45, 2.75) is 26.7 Å². The van der Waals surface area contributed by atoms with Crippen LogP contribution in [0.4, 0.5) is 0 Å². The molecule has 0 unspecified atom stereocenters. The zero-order valence-electron chi connectivity index (χ0n) is 12.0. The normalized spacial score (nSPS) is 9.95. The molecular formula is C15H19NO4. The topological polar surface area (TPSA) is 72.5 Å². The van der Waals surface area contributed by atoms with Crippen molar-refractivity contribution in [3.05, 3.63) is 34.9 Å². The second-order valence-electron chi connectivity index (χ2n) is 4.56. The molecule has 1 rings (SSSR count). The molecule has 1 aromatic rings. The SMILES string of the molecule is CNC(=O)COC(=O)CCC(=O)c1ccc(C)c(C)c1. The van der Waals surface area contributed by atoms with Crippen LogP contribution >= 0.6 is 0 Å². The largest absolute Gasteiger partial charge is 0.456 e. The van der Waals surface area contributed by atoms with Crippen LogP contribution in [0.3, 0.4) is 0 Å².